The van der Waals surface area contributed by atoms with E-state index in [1.54, 1.807) is 0 Å². The Morgan fingerprint density at radius 3 is 2.26 bits per heavy atom. The highest BCUT2D eigenvalue weighted by Gasteiger charge is 2.36. The predicted molar refractivity (Wildman–Crippen MR) is 83.2 cm³/mol. The molecule has 0 spiro atoms. The molecule has 0 saturated heterocycles. The van der Waals surface area contributed by atoms with Gasteiger partial charge in [0.05, 0.1) is 11.3 Å². The first-order chi connectivity index (χ1) is 12.4. The molecule has 0 unspecified atom stereocenters. The molecule has 0 fully saturated rings. The molecule has 27 heavy (non-hydrogen) atoms. The molecule has 0 aliphatic carbocycles. The number of anilines is 1. The maximum atomic E-state index is 13.1. The van der Waals surface area contributed by atoms with Crippen molar-refractivity contribution in [1.82, 2.24) is 0 Å². The Labute approximate surface area is 149 Å². The van der Waals surface area contributed by atoms with Gasteiger partial charge in [-0.2, -0.15) is 13.2 Å². The van der Waals surface area contributed by atoms with Crippen LogP contribution in [-0.4, -0.2) is 18.5 Å². The van der Waals surface area contributed by atoms with E-state index in [0.717, 1.165) is 23.2 Å². The van der Waals surface area contributed by atoms with Crippen LogP contribution in [0.15, 0.2) is 36.4 Å². The number of nitrogens with zero attached hydrogens (tertiary/aromatic N) is 1. The number of hydrogen-bond acceptors (Lipinski definition) is 5. The quantitative estimate of drug-likeness (QED) is 0.451. The number of alkyl halides is 6. The number of phenols is 1. The van der Waals surface area contributed by atoms with Gasteiger partial charge in [-0.05, 0) is 30.3 Å². The van der Waals surface area contributed by atoms with Gasteiger partial charge in [-0.1, -0.05) is 6.07 Å². The van der Waals surface area contributed by atoms with Crippen LogP contribution in [0.2, 0.25) is 0 Å². The number of nitrogens with two attached hydrogens (primary N) is 1. The third-order valence-electron chi connectivity index (χ3n) is 3.35. The number of benzene rings is 2. The summed E-state index contributed by atoms with van der Waals surface area (Å²) in [5, 5.41) is 10.2. The largest absolute Gasteiger partial charge is 0.573 e. The van der Waals surface area contributed by atoms with Crippen LogP contribution in [0.1, 0.15) is 11.1 Å². The lowest BCUT2D eigenvalue weighted by Crippen LogP contribution is -2.27. The van der Waals surface area contributed by atoms with Crippen molar-refractivity contribution in [3.8, 4) is 17.2 Å². The highest BCUT2D eigenvalue weighted by Crippen LogP contribution is 2.39. The number of ether oxygens (including phenoxy) is 2. The molecule has 0 atom stereocenters. The Morgan fingerprint density at radius 1 is 1.04 bits per heavy atom. The molecule has 11 heteroatoms. The molecule has 2 rings (SSSR count). The van der Waals surface area contributed by atoms with E-state index in [2.05, 4.69) is 4.74 Å². The van der Waals surface area contributed by atoms with Gasteiger partial charge in [0.1, 0.15) is 29.4 Å². The van der Waals surface area contributed by atoms with E-state index in [1.165, 1.54) is 19.2 Å². The first-order valence-corrected chi connectivity index (χ1v) is 7.27. The van der Waals surface area contributed by atoms with Crippen molar-refractivity contribution < 1.29 is 40.9 Å². The minimum absolute atomic E-state index is 0.0593. The summed E-state index contributed by atoms with van der Waals surface area (Å²) >= 11 is 0. The fourth-order valence-electron chi connectivity index (χ4n) is 2.27. The Morgan fingerprint density at radius 2 is 1.70 bits per heavy atom. The summed E-state index contributed by atoms with van der Waals surface area (Å²) in [6.07, 6.45) is -9.86. The van der Waals surface area contributed by atoms with Gasteiger partial charge < -0.3 is 19.6 Å². The standard InChI is InChI=1S/C16H14F6N2O3/c1-24(23)12-3-2-4-13(27-16(20,21)22)10(12)8-26-14-6-5-9(25)7-11(14)15(17,18)19/h2-7,25H,8,23H2,1H3. The molecule has 2 aromatic carbocycles. The summed E-state index contributed by atoms with van der Waals surface area (Å²) in [5.74, 6) is 3.59. The lowest BCUT2D eigenvalue weighted by atomic mass is 10.1. The summed E-state index contributed by atoms with van der Waals surface area (Å²) in [5.41, 5.74) is -1.43. The fraction of sp³-hybridized carbons (Fsp3) is 0.250. The summed E-state index contributed by atoms with van der Waals surface area (Å²) in [7, 11) is 1.33. The second kappa shape index (κ2) is 7.43. The maximum absolute atomic E-state index is 13.1. The minimum Gasteiger partial charge on any atom is -0.508 e. The van der Waals surface area contributed by atoms with Crippen LogP contribution in [0, 0.1) is 0 Å². The molecule has 5 nitrogen and oxygen atoms in total. The fourth-order valence-corrected chi connectivity index (χ4v) is 2.27. The van der Waals surface area contributed by atoms with E-state index < -0.39 is 42.0 Å². The van der Waals surface area contributed by atoms with Crippen molar-refractivity contribution in [2.75, 3.05) is 12.1 Å². The van der Waals surface area contributed by atoms with Crippen molar-refractivity contribution in [2.45, 2.75) is 19.1 Å². The van der Waals surface area contributed by atoms with Gasteiger partial charge in [-0.3, -0.25) is 0 Å². The molecule has 0 heterocycles. The van der Waals surface area contributed by atoms with Gasteiger partial charge in [0, 0.05) is 7.05 Å². The maximum Gasteiger partial charge on any atom is 0.573 e. The van der Waals surface area contributed by atoms with Crippen LogP contribution in [0.3, 0.4) is 0 Å². The first-order valence-electron chi connectivity index (χ1n) is 7.27. The second-order valence-electron chi connectivity index (χ2n) is 5.38. The Bertz CT molecular complexity index is 806. The molecule has 3 N–H and O–H groups in total. The van der Waals surface area contributed by atoms with Crippen molar-refractivity contribution in [3.05, 3.63) is 47.5 Å². The molecule has 0 saturated carbocycles. The smallest absolute Gasteiger partial charge is 0.508 e. The van der Waals surface area contributed by atoms with Crippen molar-refractivity contribution in [2.24, 2.45) is 5.84 Å². The molecular formula is C16H14F6N2O3. The van der Waals surface area contributed by atoms with Gasteiger partial charge in [0.2, 0.25) is 0 Å². The zero-order valence-corrected chi connectivity index (χ0v) is 13.7. The Kier molecular flexibility index (Phi) is 5.64. The Hall–Kier alpha value is -2.82. The van der Waals surface area contributed by atoms with E-state index in [1.807, 2.05) is 0 Å². The van der Waals surface area contributed by atoms with Gasteiger partial charge in [0.15, 0.2) is 0 Å². The number of halogens is 6. The SMILES string of the molecule is CN(N)c1cccc(OC(F)(F)F)c1COc1ccc(O)cc1C(F)(F)F. The molecular weight excluding hydrogens is 382 g/mol. The third kappa shape index (κ3) is 5.33. The molecule has 0 aliphatic heterocycles. The highest BCUT2D eigenvalue weighted by molar-refractivity contribution is 5.58. The molecule has 0 radical (unpaired) electrons. The van der Waals surface area contributed by atoms with Crippen LogP contribution in [0.25, 0.3) is 0 Å². The highest BCUT2D eigenvalue weighted by atomic mass is 19.4. The monoisotopic (exact) mass is 396 g/mol. The zero-order valence-electron chi connectivity index (χ0n) is 13.7. The van der Waals surface area contributed by atoms with Crippen LogP contribution < -0.4 is 20.3 Å². The van der Waals surface area contributed by atoms with E-state index >= 15 is 0 Å². The normalized spacial score (nSPS) is 12.0. The summed E-state index contributed by atoms with van der Waals surface area (Å²) < 4.78 is 86.0. The average molecular weight is 396 g/mol. The zero-order chi connectivity index (χ0) is 20.4. The lowest BCUT2D eigenvalue weighted by Gasteiger charge is -2.21. The van der Waals surface area contributed by atoms with Crippen LogP contribution in [0.4, 0.5) is 32.0 Å². The van der Waals surface area contributed by atoms with Crippen LogP contribution >= 0.6 is 0 Å². The van der Waals surface area contributed by atoms with Crippen LogP contribution in [-0.2, 0) is 12.8 Å². The van der Waals surface area contributed by atoms with Crippen molar-refractivity contribution in [3.63, 3.8) is 0 Å². The predicted octanol–water partition coefficient (Wildman–Crippen LogP) is 4.20. The summed E-state index contributed by atoms with van der Waals surface area (Å²) in [6.45, 7) is -0.697. The molecule has 0 aromatic heterocycles. The minimum atomic E-state index is -5.02. The number of hydrogen-bond donors (Lipinski definition) is 2. The van der Waals surface area contributed by atoms with E-state index in [4.69, 9.17) is 10.6 Å². The second-order valence-corrected chi connectivity index (χ2v) is 5.38. The van der Waals surface area contributed by atoms with Gasteiger partial charge in [-0.15, -0.1) is 13.2 Å². The number of aromatic hydroxyl groups is 1. The van der Waals surface area contributed by atoms with Gasteiger partial charge >= 0.3 is 12.5 Å². The molecule has 0 aliphatic rings. The van der Waals surface area contributed by atoms with E-state index in [0.29, 0.717) is 6.07 Å². The van der Waals surface area contributed by atoms with Crippen molar-refractivity contribution >= 4 is 5.69 Å². The number of phenolic OH excluding ortho intramolecular Hbond substituents is 1. The molecule has 0 bridgehead atoms. The first kappa shape index (κ1) is 20.5. The molecule has 148 valence electrons. The lowest BCUT2D eigenvalue weighted by molar-refractivity contribution is -0.275. The number of rotatable bonds is 5. The van der Waals surface area contributed by atoms with Crippen molar-refractivity contribution in [1.29, 1.82) is 0 Å². The number of hydrazine groups is 1. The topological polar surface area (TPSA) is 68.0 Å². The van der Waals surface area contributed by atoms with Crippen LogP contribution in [0.5, 0.6) is 17.2 Å². The molecule has 0 amide bonds. The van der Waals surface area contributed by atoms with Gasteiger partial charge in [0.25, 0.3) is 0 Å². The van der Waals surface area contributed by atoms with E-state index in [-0.39, 0.29) is 11.3 Å². The van der Waals surface area contributed by atoms with Gasteiger partial charge in [-0.25, -0.2) is 5.84 Å². The average Bonchev–Trinajstić information content (AvgIpc) is 2.51. The third-order valence-corrected chi connectivity index (χ3v) is 3.35. The summed E-state index contributed by atoms with van der Waals surface area (Å²) in [4.78, 5) is 0. The summed E-state index contributed by atoms with van der Waals surface area (Å²) in [6, 6.07) is 5.84. The van der Waals surface area contributed by atoms with E-state index in [9.17, 15) is 31.4 Å². The Balaban J connectivity index is 2.41. The molecule has 2 aromatic rings.